The molecule has 1 atom stereocenters. The Kier molecular flexibility index (Phi) is 16.1. The second kappa shape index (κ2) is 17.0. The minimum Gasteiger partial charge on any atom is -0.481 e. The minimum atomic E-state index is -0.961. The third-order valence-corrected chi connectivity index (χ3v) is 4.77. The first kappa shape index (κ1) is 24.6. The third kappa shape index (κ3) is 14.9. The first-order chi connectivity index (χ1) is 12.5. The summed E-state index contributed by atoms with van der Waals surface area (Å²) in [6, 6.07) is 0. The van der Waals surface area contributed by atoms with Crippen LogP contribution >= 0.6 is 0 Å². The lowest BCUT2D eigenvalue weighted by Gasteiger charge is -2.12. The summed E-state index contributed by atoms with van der Waals surface area (Å²) >= 11 is 0. The molecular formula is C21H38O5. The summed E-state index contributed by atoms with van der Waals surface area (Å²) in [5.74, 6) is -2.05. The van der Waals surface area contributed by atoms with Crippen molar-refractivity contribution >= 4 is 17.7 Å². The Hall–Kier alpha value is -1.39. The van der Waals surface area contributed by atoms with Crippen molar-refractivity contribution in [3.63, 3.8) is 0 Å². The highest BCUT2D eigenvalue weighted by Crippen LogP contribution is 2.17. The summed E-state index contributed by atoms with van der Waals surface area (Å²) in [6.45, 7) is 2.23. The number of carboxylic acids is 1. The maximum Gasteiger partial charge on any atom is 0.309 e. The van der Waals surface area contributed by atoms with E-state index in [0.29, 0.717) is 6.42 Å². The van der Waals surface area contributed by atoms with Crippen LogP contribution in [0.1, 0.15) is 103 Å². The molecule has 5 heteroatoms. The molecule has 0 spiro atoms. The zero-order chi connectivity index (χ0) is 19.6. The molecule has 0 aliphatic rings. The third-order valence-electron chi connectivity index (χ3n) is 4.77. The average Bonchev–Trinajstić information content (AvgIpc) is 2.62. The number of ether oxygens (including phenoxy) is 1. The van der Waals surface area contributed by atoms with E-state index in [1.54, 1.807) is 0 Å². The normalized spacial score (nSPS) is 11.9. The van der Waals surface area contributed by atoms with E-state index >= 15 is 0 Å². The predicted octanol–water partition coefficient (Wildman–Crippen LogP) is 5.30. The SMILES string of the molecule is CCCCCCCCCCCCCC(=O)C[C@H](CCC(=O)O)C(=O)OC. The van der Waals surface area contributed by atoms with Crippen LogP contribution in [0.2, 0.25) is 0 Å². The van der Waals surface area contributed by atoms with Gasteiger partial charge in [-0.05, 0) is 12.8 Å². The molecular weight excluding hydrogens is 332 g/mol. The van der Waals surface area contributed by atoms with Crippen molar-refractivity contribution in [1.29, 1.82) is 0 Å². The Labute approximate surface area is 158 Å². The largest absolute Gasteiger partial charge is 0.481 e. The van der Waals surface area contributed by atoms with Gasteiger partial charge >= 0.3 is 11.9 Å². The summed E-state index contributed by atoms with van der Waals surface area (Å²) in [4.78, 5) is 34.3. The number of ketones is 1. The fourth-order valence-electron chi connectivity index (χ4n) is 3.13. The number of hydrogen-bond donors (Lipinski definition) is 1. The number of methoxy groups -OCH3 is 1. The average molecular weight is 371 g/mol. The van der Waals surface area contributed by atoms with E-state index in [0.717, 1.165) is 19.3 Å². The van der Waals surface area contributed by atoms with Crippen LogP contribution in [-0.4, -0.2) is 29.9 Å². The van der Waals surface area contributed by atoms with Gasteiger partial charge in [-0.2, -0.15) is 0 Å². The fraction of sp³-hybridized carbons (Fsp3) is 0.857. The molecule has 0 saturated carbocycles. The molecule has 26 heavy (non-hydrogen) atoms. The fourth-order valence-corrected chi connectivity index (χ4v) is 3.13. The number of carbonyl (C=O) groups excluding carboxylic acids is 2. The number of carbonyl (C=O) groups is 3. The van der Waals surface area contributed by atoms with E-state index in [1.165, 1.54) is 58.5 Å². The number of carboxylic acid groups (broad SMARTS) is 1. The number of aliphatic carboxylic acids is 1. The highest BCUT2D eigenvalue weighted by atomic mass is 16.5. The molecule has 0 fully saturated rings. The molecule has 0 aromatic heterocycles. The summed E-state index contributed by atoms with van der Waals surface area (Å²) in [5.41, 5.74) is 0. The smallest absolute Gasteiger partial charge is 0.309 e. The van der Waals surface area contributed by atoms with Crippen molar-refractivity contribution in [2.24, 2.45) is 5.92 Å². The van der Waals surface area contributed by atoms with Crippen molar-refractivity contribution in [3.8, 4) is 0 Å². The van der Waals surface area contributed by atoms with Gasteiger partial charge in [0.25, 0.3) is 0 Å². The number of unbranched alkanes of at least 4 members (excludes halogenated alkanes) is 10. The first-order valence-corrected chi connectivity index (χ1v) is 10.3. The minimum absolute atomic E-state index is 0.0294. The summed E-state index contributed by atoms with van der Waals surface area (Å²) in [7, 11) is 1.27. The van der Waals surface area contributed by atoms with Gasteiger partial charge in [0.2, 0.25) is 0 Å². The first-order valence-electron chi connectivity index (χ1n) is 10.3. The molecule has 0 radical (unpaired) electrons. The van der Waals surface area contributed by atoms with Crippen molar-refractivity contribution in [2.75, 3.05) is 7.11 Å². The Morgan fingerprint density at radius 2 is 1.31 bits per heavy atom. The van der Waals surface area contributed by atoms with Crippen molar-refractivity contribution in [2.45, 2.75) is 103 Å². The molecule has 0 bridgehead atoms. The van der Waals surface area contributed by atoms with E-state index < -0.39 is 17.9 Å². The number of hydrogen-bond acceptors (Lipinski definition) is 4. The summed E-state index contributed by atoms with van der Waals surface area (Å²) in [5, 5.41) is 8.73. The quantitative estimate of drug-likeness (QED) is 0.261. The Balaban J connectivity index is 3.70. The van der Waals surface area contributed by atoms with Gasteiger partial charge in [0.05, 0.1) is 13.0 Å². The molecule has 0 unspecified atom stereocenters. The van der Waals surface area contributed by atoms with Crippen molar-refractivity contribution in [1.82, 2.24) is 0 Å². The molecule has 0 aliphatic heterocycles. The standard InChI is InChI=1S/C21H38O5/c1-3-4-5-6-7-8-9-10-11-12-13-14-19(22)17-18(21(25)26-2)15-16-20(23)24/h18H,3-17H2,1-2H3,(H,23,24)/t18-/m0/s1. The van der Waals surface area contributed by atoms with Crippen LogP contribution in [-0.2, 0) is 19.1 Å². The Morgan fingerprint density at radius 3 is 1.77 bits per heavy atom. The lowest BCUT2D eigenvalue weighted by Crippen LogP contribution is -2.21. The molecule has 0 rings (SSSR count). The molecule has 0 saturated heterocycles. The Bertz CT molecular complexity index is 392. The highest BCUT2D eigenvalue weighted by molar-refractivity contribution is 5.84. The number of esters is 1. The van der Waals surface area contributed by atoms with Crippen molar-refractivity contribution in [3.05, 3.63) is 0 Å². The van der Waals surface area contributed by atoms with Gasteiger partial charge < -0.3 is 9.84 Å². The van der Waals surface area contributed by atoms with Gasteiger partial charge in [-0.15, -0.1) is 0 Å². The van der Waals surface area contributed by atoms with Crippen LogP contribution in [0, 0.1) is 5.92 Å². The molecule has 0 aliphatic carbocycles. The van der Waals surface area contributed by atoms with Crippen LogP contribution in [0.4, 0.5) is 0 Å². The zero-order valence-electron chi connectivity index (χ0n) is 16.8. The van der Waals surface area contributed by atoms with Crippen molar-refractivity contribution < 1.29 is 24.2 Å². The number of Topliss-reactive ketones (excluding diaryl/α,β-unsaturated/α-hetero) is 1. The van der Waals surface area contributed by atoms with E-state index in [2.05, 4.69) is 11.7 Å². The molecule has 0 aromatic carbocycles. The van der Waals surface area contributed by atoms with E-state index in [-0.39, 0.29) is 25.0 Å². The van der Waals surface area contributed by atoms with E-state index in [1.807, 2.05) is 0 Å². The summed E-state index contributed by atoms with van der Waals surface area (Å²) < 4.78 is 4.67. The van der Waals surface area contributed by atoms with Gasteiger partial charge in [-0.1, -0.05) is 71.1 Å². The predicted molar refractivity (Wildman–Crippen MR) is 103 cm³/mol. The maximum absolute atomic E-state index is 12.0. The second-order valence-electron chi connectivity index (χ2n) is 7.18. The maximum atomic E-state index is 12.0. The van der Waals surface area contributed by atoms with Crippen LogP contribution in [0.5, 0.6) is 0 Å². The molecule has 0 amide bonds. The number of rotatable bonds is 18. The van der Waals surface area contributed by atoms with Crippen LogP contribution in [0.3, 0.4) is 0 Å². The highest BCUT2D eigenvalue weighted by Gasteiger charge is 2.23. The lowest BCUT2D eigenvalue weighted by atomic mass is 9.94. The topological polar surface area (TPSA) is 80.7 Å². The van der Waals surface area contributed by atoms with Gasteiger partial charge in [0, 0.05) is 19.3 Å². The zero-order valence-corrected chi connectivity index (χ0v) is 16.8. The van der Waals surface area contributed by atoms with Crippen LogP contribution < -0.4 is 0 Å². The second-order valence-corrected chi connectivity index (χ2v) is 7.18. The van der Waals surface area contributed by atoms with Crippen LogP contribution in [0.15, 0.2) is 0 Å². The Morgan fingerprint density at radius 1 is 0.808 bits per heavy atom. The van der Waals surface area contributed by atoms with E-state index in [9.17, 15) is 14.4 Å². The summed E-state index contributed by atoms with van der Waals surface area (Å²) in [6.07, 6.45) is 14.2. The monoisotopic (exact) mass is 370 g/mol. The van der Waals surface area contributed by atoms with Crippen LogP contribution in [0.25, 0.3) is 0 Å². The molecule has 0 aromatic rings. The van der Waals surface area contributed by atoms with Gasteiger partial charge in [-0.3, -0.25) is 14.4 Å². The molecule has 152 valence electrons. The molecule has 0 heterocycles. The lowest BCUT2D eigenvalue weighted by molar-refractivity contribution is -0.148. The van der Waals surface area contributed by atoms with Gasteiger partial charge in [0.1, 0.15) is 5.78 Å². The van der Waals surface area contributed by atoms with Gasteiger partial charge in [-0.25, -0.2) is 0 Å². The molecule has 5 nitrogen and oxygen atoms in total. The van der Waals surface area contributed by atoms with E-state index in [4.69, 9.17) is 5.11 Å². The van der Waals surface area contributed by atoms with Gasteiger partial charge in [0.15, 0.2) is 0 Å². The molecule has 1 N–H and O–H groups in total.